The van der Waals surface area contributed by atoms with Gasteiger partial charge in [-0.3, -0.25) is 4.68 Å². The number of aromatic nitrogens is 5. The molecule has 1 fully saturated rings. The normalized spacial score (nSPS) is 23.4. The van der Waals surface area contributed by atoms with E-state index in [0.29, 0.717) is 12.1 Å². The molecular weight excluding hydrogens is 288 g/mol. The Morgan fingerprint density at radius 1 is 1.22 bits per heavy atom. The van der Waals surface area contributed by atoms with Crippen LogP contribution in [0.5, 0.6) is 0 Å². The highest BCUT2D eigenvalue weighted by Crippen LogP contribution is 2.33. The van der Waals surface area contributed by atoms with Gasteiger partial charge in [0.05, 0.1) is 35.5 Å². The third kappa shape index (κ3) is 2.09. The Labute approximate surface area is 133 Å². The van der Waals surface area contributed by atoms with Crippen molar-refractivity contribution < 1.29 is 0 Å². The molecular formula is C17H18N6. The van der Waals surface area contributed by atoms with E-state index in [4.69, 9.17) is 4.98 Å². The van der Waals surface area contributed by atoms with Crippen molar-refractivity contribution in [3.05, 3.63) is 42.6 Å². The maximum Gasteiger partial charge on any atom is 0.0925 e. The Bertz CT molecular complexity index is 918. The Kier molecular flexibility index (Phi) is 2.69. The van der Waals surface area contributed by atoms with Crippen molar-refractivity contribution in [3.8, 4) is 11.3 Å². The van der Waals surface area contributed by atoms with Crippen LogP contribution in [-0.4, -0.2) is 36.5 Å². The lowest BCUT2D eigenvalue weighted by Crippen LogP contribution is -2.32. The lowest BCUT2D eigenvalue weighted by atomic mass is 9.99. The van der Waals surface area contributed by atoms with Crippen LogP contribution in [0.15, 0.2) is 36.9 Å². The summed E-state index contributed by atoms with van der Waals surface area (Å²) >= 11 is 0. The zero-order valence-corrected chi connectivity index (χ0v) is 13.0. The first kappa shape index (κ1) is 13.0. The molecule has 5 rings (SSSR count). The predicted molar refractivity (Wildman–Crippen MR) is 87.7 cm³/mol. The van der Waals surface area contributed by atoms with Crippen LogP contribution in [0.2, 0.25) is 0 Å². The molecule has 0 amide bonds. The van der Waals surface area contributed by atoms with Crippen molar-refractivity contribution >= 4 is 11.1 Å². The molecule has 6 nitrogen and oxygen atoms in total. The van der Waals surface area contributed by atoms with Crippen LogP contribution in [0.25, 0.3) is 22.3 Å². The van der Waals surface area contributed by atoms with E-state index in [9.17, 15) is 0 Å². The van der Waals surface area contributed by atoms with Crippen LogP contribution in [0, 0.1) is 0 Å². The molecule has 1 saturated heterocycles. The molecule has 1 N–H and O–H groups in total. The van der Waals surface area contributed by atoms with Gasteiger partial charge in [0, 0.05) is 30.9 Å². The van der Waals surface area contributed by atoms with E-state index in [1.165, 1.54) is 18.4 Å². The van der Waals surface area contributed by atoms with Crippen LogP contribution in [0.4, 0.5) is 0 Å². The fraction of sp³-hybridized carbons (Fsp3) is 0.353. The molecule has 2 aliphatic rings. The summed E-state index contributed by atoms with van der Waals surface area (Å²) in [6.45, 7) is 0. The first-order chi connectivity index (χ1) is 11.3. The van der Waals surface area contributed by atoms with Gasteiger partial charge >= 0.3 is 0 Å². The fourth-order valence-corrected chi connectivity index (χ4v) is 3.75. The minimum atomic E-state index is 0.496. The van der Waals surface area contributed by atoms with Crippen molar-refractivity contribution in [2.45, 2.75) is 31.3 Å². The summed E-state index contributed by atoms with van der Waals surface area (Å²) in [5.74, 6) is 0. The van der Waals surface area contributed by atoms with E-state index in [-0.39, 0.29) is 0 Å². The highest BCUT2D eigenvalue weighted by atomic mass is 15.2. The van der Waals surface area contributed by atoms with Gasteiger partial charge < -0.3 is 5.32 Å². The summed E-state index contributed by atoms with van der Waals surface area (Å²) in [5, 5.41) is 12.3. The van der Waals surface area contributed by atoms with Gasteiger partial charge in [0.2, 0.25) is 0 Å². The molecule has 6 heteroatoms. The summed E-state index contributed by atoms with van der Waals surface area (Å²) in [6.07, 6.45) is 13.5. The summed E-state index contributed by atoms with van der Waals surface area (Å²) < 4.78 is 3.73. The fourth-order valence-electron chi connectivity index (χ4n) is 3.75. The molecule has 5 heterocycles. The van der Waals surface area contributed by atoms with Gasteiger partial charge in [0.25, 0.3) is 0 Å². The standard InChI is InChI=1S/C17H18N6/c1-22-9-12(8-19-22)15-10-23-16(4-5-18-23)17(21-15)11-6-13-2-3-14(7-11)20-13/h4-6,8-10,13-14,20H,2-3,7H2,1H3. The van der Waals surface area contributed by atoms with E-state index in [0.717, 1.165) is 28.9 Å². The monoisotopic (exact) mass is 306 g/mol. The summed E-state index contributed by atoms with van der Waals surface area (Å²) in [6, 6.07) is 3.13. The molecule has 2 atom stereocenters. The van der Waals surface area contributed by atoms with E-state index in [1.54, 1.807) is 4.68 Å². The molecule has 0 radical (unpaired) electrons. The molecule has 2 bridgehead atoms. The number of rotatable bonds is 2. The first-order valence-corrected chi connectivity index (χ1v) is 8.07. The molecule has 0 saturated carbocycles. The highest BCUT2D eigenvalue weighted by Gasteiger charge is 2.29. The lowest BCUT2D eigenvalue weighted by Gasteiger charge is -2.21. The molecule has 116 valence electrons. The zero-order valence-electron chi connectivity index (χ0n) is 13.0. The Balaban J connectivity index is 1.69. The highest BCUT2D eigenvalue weighted by molar-refractivity contribution is 5.78. The van der Waals surface area contributed by atoms with E-state index in [1.807, 2.05) is 42.4 Å². The first-order valence-electron chi connectivity index (χ1n) is 8.07. The van der Waals surface area contributed by atoms with Gasteiger partial charge in [-0.2, -0.15) is 10.2 Å². The van der Waals surface area contributed by atoms with Gasteiger partial charge in [-0.1, -0.05) is 6.08 Å². The molecule has 0 aliphatic carbocycles. The molecule has 3 aromatic rings. The van der Waals surface area contributed by atoms with Crippen LogP contribution < -0.4 is 5.32 Å². The Morgan fingerprint density at radius 3 is 3.00 bits per heavy atom. The van der Waals surface area contributed by atoms with Gasteiger partial charge in [0.15, 0.2) is 0 Å². The topological polar surface area (TPSA) is 60.0 Å². The molecule has 2 aliphatic heterocycles. The number of nitrogens with one attached hydrogen (secondary N) is 1. The number of fused-ring (bicyclic) bond motifs is 3. The maximum absolute atomic E-state index is 4.97. The van der Waals surface area contributed by atoms with Gasteiger partial charge in [-0.05, 0) is 30.9 Å². The number of hydrogen-bond donors (Lipinski definition) is 1. The average molecular weight is 306 g/mol. The van der Waals surface area contributed by atoms with Gasteiger partial charge in [0.1, 0.15) is 0 Å². The minimum absolute atomic E-state index is 0.496. The number of aryl methyl sites for hydroxylation is 1. The smallest absolute Gasteiger partial charge is 0.0925 e. The Morgan fingerprint density at radius 2 is 2.17 bits per heavy atom. The maximum atomic E-state index is 4.97. The third-order valence-corrected chi connectivity index (χ3v) is 4.84. The van der Waals surface area contributed by atoms with Crippen LogP contribution >= 0.6 is 0 Å². The zero-order chi connectivity index (χ0) is 15.4. The second kappa shape index (κ2) is 4.76. The van der Waals surface area contributed by atoms with E-state index < -0.39 is 0 Å². The number of hydrogen-bond acceptors (Lipinski definition) is 4. The van der Waals surface area contributed by atoms with Crippen LogP contribution in [0.1, 0.15) is 25.0 Å². The summed E-state index contributed by atoms with van der Waals surface area (Å²) in [7, 11) is 1.92. The second-order valence-electron chi connectivity index (χ2n) is 6.48. The van der Waals surface area contributed by atoms with Crippen molar-refractivity contribution in [2.75, 3.05) is 0 Å². The molecule has 23 heavy (non-hydrogen) atoms. The third-order valence-electron chi connectivity index (χ3n) is 4.84. The second-order valence-corrected chi connectivity index (χ2v) is 6.48. The minimum Gasteiger partial charge on any atom is -0.307 e. The van der Waals surface area contributed by atoms with Crippen LogP contribution in [0.3, 0.4) is 0 Å². The SMILES string of the molecule is Cn1cc(-c2cn3nccc3c(C3=CC4CCC(C3)N4)n2)cn1. The van der Waals surface area contributed by atoms with Gasteiger partial charge in [-0.25, -0.2) is 9.50 Å². The summed E-state index contributed by atoms with van der Waals surface area (Å²) in [4.78, 5) is 4.97. The molecule has 3 aromatic heterocycles. The molecule has 2 unspecified atom stereocenters. The van der Waals surface area contributed by atoms with Crippen molar-refractivity contribution in [1.29, 1.82) is 0 Å². The quantitative estimate of drug-likeness (QED) is 0.787. The number of nitrogens with zero attached hydrogens (tertiary/aromatic N) is 5. The lowest BCUT2D eigenvalue weighted by molar-refractivity contribution is 0.574. The van der Waals surface area contributed by atoms with E-state index in [2.05, 4.69) is 21.6 Å². The van der Waals surface area contributed by atoms with Crippen molar-refractivity contribution in [1.82, 2.24) is 29.7 Å². The largest absolute Gasteiger partial charge is 0.307 e. The Hall–Kier alpha value is -2.47. The van der Waals surface area contributed by atoms with Crippen LogP contribution in [-0.2, 0) is 7.05 Å². The molecule has 0 aromatic carbocycles. The van der Waals surface area contributed by atoms with Gasteiger partial charge in [-0.15, -0.1) is 0 Å². The molecule has 0 spiro atoms. The van der Waals surface area contributed by atoms with Crippen molar-refractivity contribution in [3.63, 3.8) is 0 Å². The average Bonchev–Trinajstić information content (AvgIpc) is 3.26. The summed E-state index contributed by atoms with van der Waals surface area (Å²) in [5.41, 5.74) is 5.40. The van der Waals surface area contributed by atoms with Crippen molar-refractivity contribution in [2.24, 2.45) is 7.05 Å². The van der Waals surface area contributed by atoms with E-state index >= 15 is 0 Å². The predicted octanol–water partition coefficient (Wildman–Crippen LogP) is 2.04.